The summed E-state index contributed by atoms with van der Waals surface area (Å²) in [5, 5.41) is 10.8. The van der Waals surface area contributed by atoms with Gasteiger partial charge in [0.05, 0.1) is 17.1 Å². The van der Waals surface area contributed by atoms with E-state index < -0.39 is 46.5 Å². The predicted molar refractivity (Wildman–Crippen MR) is 58.5 cm³/mol. The molecule has 12 heteroatoms. The van der Waals surface area contributed by atoms with Crippen LogP contribution in [0.15, 0.2) is 6.07 Å². The topological polar surface area (TPSA) is 91.6 Å². The molecule has 1 aromatic heterocycles. The van der Waals surface area contributed by atoms with Crippen LogP contribution in [0.3, 0.4) is 0 Å². The van der Waals surface area contributed by atoms with E-state index in [9.17, 15) is 36.9 Å². The number of hydrogen-bond donors (Lipinski definition) is 0. The Morgan fingerprint density at radius 3 is 2.45 bits per heavy atom. The zero-order valence-electron chi connectivity index (χ0n) is 10.7. The highest BCUT2D eigenvalue weighted by Crippen LogP contribution is 2.35. The number of nitrogens with zero attached hydrogens (tertiary/aromatic N) is 2. The van der Waals surface area contributed by atoms with Gasteiger partial charge in [0.25, 0.3) is 6.43 Å². The average molecular weight is 330 g/mol. The third-order valence-corrected chi connectivity index (χ3v) is 2.11. The minimum Gasteiger partial charge on any atom is -0.461 e. The molecule has 0 unspecified atom stereocenters. The van der Waals surface area contributed by atoms with E-state index in [0.29, 0.717) is 0 Å². The van der Waals surface area contributed by atoms with Gasteiger partial charge < -0.3 is 9.47 Å². The van der Waals surface area contributed by atoms with Gasteiger partial charge in [-0.3, -0.25) is 10.1 Å². The monoisotopic (exact) mass is 330 g/mol. The van der Waals surface area contributed by atoms with Crippen LogP contribution in [-0.2, 0) is 4.74 Å². The Morgan fingerprint density at radius 1 is 1.45 bits per heavy atom. The molecule has 0 aliphatic heterocycles. The van der Waals surface area contributed by atoms with E-state index in [1.54, 1.807) is 0 Å². The van der Waals surface area contributed by atoms with Crippen molar-refractivity contribution in [2.75, 3.05) is 6.61 Å². The van der Waals surface area contributed by atoms with Gasteiger partial charge in [-0.2, -0.15) is 4.98 Å². The molecule has 0 bridgehead atoms. The molecule has 0 N–H and O–H groups in total. The van der Waals surface area contributed by atoms with Gasteiger partial charge in [0, 0.05) is 6.07 Å². The van der Waals surface area contributed by atoms with Crippen LogP contribution < -0.4 is 4.74 Å². The number of pyridine rings is 1. The highest BCUT2D eigenvalue weighted by Gasteiger charge is 2.37. The quantitative estimate of drug-likeness (QED) is 0.357. The average Bonchev–Trinajstić information content (AvgIpc) is 2.35. The SMILES string of the molecule is CCOC(=O)c1nc(OC(F)(F)F)c(C(F)F)cc1[N+](=O)[O-]. The molecule has 0 saturated carbocycles. The first-order valence-electron chi connectivity index (χ1n) is 5.47. The third-order valence-electron chi connectivity index (χ3n) is 2.11. The van der Waals surface area contributed by atoms with Gasteiger partial charge >= 0.3 is 18.0 Å². The highest BCUT2D eigenvalue weighted by atomic mass is 19.4. The molecule has 7 nitrogen and oxygen atoms in total. The fraction of sp³-hybridized carbons (Fsp3) is 0.400. The van der Waals surface area contributed by atoms with E-state index in [0.717, 1.165) is 0 Å². The van der Waals surface area contributed by atoms with Crippen molar-refractivity contribution in [1.82, 2.24) is 4.98 Å². The lowest BCUT2D eigenvalue weighted by atomic mass is 10.2. The Balaban J connectivity index is 3.51. The molecule has 0 atom stereocenters. The lowest BCUT2D eigenvalue weighted by Crippen LogP contribution is -2.21. The molecule has 22 heavy (non-hydrogen) atoms. The molecule has 0 aliphatic carbocycles. The predicted octanol–water partition coefficient (Wildman–Crippen LogP) is 3.00. The Morgan fingerprint density at radius 2 is 2.05 bits per heavy atom. The molecule has 122 valence electrons. The van der Waals surface area contributed by atoms with Gasteiger partial charge in [0.15, 0.2) is 0 Å². The summed E-state index contributed by atoms with van der Waals surface area (Å²) in [7, 11) is 0. The van der Waals surface area contributed by atoms with Gasteiger partial charge in [-0.1, -0.05) is 0 Å². The lowest BCUT2D eigenvalue weighted by molar-refractivity contribution is -0.385. The van der Waals surface area contributed by atoms with Gasteiger partial charge in [-0.15, -0.1) is 13.2 Å². The van der Waals surface area contributed by atoms with Crippen LogP contribution in [0.4, 0.5) is 27.6 Å². The minimum atomic E-state index is -5.38. The molecule has 0 fully saturated rings. The first-order valence-corrected chi connectivity index (χ1v) is 5.47. The van der Waals surface area contributed by atoms with E-state index in [4.69, 9.17) is 0 Å². The summed E-state index contributed by atoms with van der Waals surface area (Å²) in [5.41, 5.74) is -3.86. The molecule has 1 heterocycles. The summed E-state index contributed by atoms with van der Waals surface area (Å²) in [6, 6.07) is 0.0883. The summed E-state index contributed by atoms with van der Waals surface area (Å²) >= 11 is 0. The van der Waals surface area contributed by atoms with Crippen molar-refractivity contribution >= 4 is 11.7 Å². The number of ether oxygens (including phenoxy) is 2. The molecular formula is C10H7F5N2O5. The van der Waals surface area contributed by atoms with Crippen molar-refractivity contribution in [2.45, 2.75) is 19.7 Å². The van der Waals surface area contributed by atoms with Crippen LogP contribution in [0.1, 0.15) is 29.4 Å². The van der Waals surface area contributed by atoms with E-state index in [-0.39, 0.29) is 12.7 Å². The number of halogens is 5. The van der Waals surface area contributed by atoms with Gasteiger partial charge in [0.1, 0.15) is 0 Å². The Labute approximate surface area is 118 Å². The van der Waals surface area contributed by atoms with Crippen molar-refractivity contribution in [3.05, 3.63) is 27.4 Å². The molecule has 0 amide bonds. The van der Waals surface area contributed by atoms with Crippen LogP contribution >= 0.6 is 0 Å². The highest BCUT2D eigenvalue weighted by molar-refractivity contribution is 5.92. The normalized spacial score (nSPS) is 11.4. The van der Waals surface area contributed by atoms with Gasteiger partial charge in [-0.05, 0) is 6.92 Å². The number of esters is 1. The van der Waals surface area contributed by atoms with E-state index in [1.807, 2.05) is 0 Å². The first kappa shape index (κ1) is 17.5. The largest absolute Gasteiger partial charge is 0.574 e. The van der Waals surface area contributed by atoms with Crippen molar-refractivity contribution in [3.63, 3.8) is 0 Å². The fourth-order valence-corrected chi connectivity index (χ4v) is 1.34. The second-order valence-corrected chi connectivity index (χ2v) is 3.58. The van der Waals surface area contributed by atoms with Crippen molar-refractivity contribution < 1.29 is 41.1 Å². The fourth-order valence-electron chi connectivity index (χ4n) is 1.34. The first-order chi connectivity index (χ1) is 10.1. The maximum atomic E-state index is 12.7. The van der Waals surface area contributed by atoms with Crippen LogP contribution in [0.5, 0.6) is 5.88 Å². The molecule has 1 aromatic rings. The number of hydrogen-bond acceptors (Lipinski definition) is 6. The standard InChI is InChI=1S/C10H7F5N2O5/c1-2-21-9(18)6-5(17(19)20)3-4(7(11)12)8(16-6)22-10(13,14)15/h3,7H,2H2,1H3. The summed E-state index contributed by atoms with van der Waals surface area (Å²) in [6.07, 6.45) is -8.92. The Bertz CT molecular complexity index is 590. The van der Waals surface area contributed by atoms with Crippen LogP contribution in [0.2, 0.25) is 0 Å². The second kappa shape index (κ2) is 6.49. The Hall–Kier alpha value is -2.53. The van der Waals surface area contributed by atoms with E-state index in [2.05, 4.69) is 14.5 Å². The number of aromatic nitrogens is 1. The van der Waals surface area contributed by atoms with Crippen LogP contribution in [0.25, 0.3) is 0 Å². The molecular weight excluding hydrogens is 323 g/mol. The summed E-state index contributed by atoms with van der Waals surface area (Å²) in [5.74, 6) is -3.10. The second-order valence-electron chi connectivity index (χ2n) is 3.58. The van der Waals surface area contributed by atoms with Crippen LogP contribution in [0, 0.1) is 10.1 Å². The number of carbonyl (C=O) groups excluding carboxylic acids is 1. The zero-order chi connectivity index (χ0) is 17.1. The van der Waals surface area contributed by atoms with Gasteiger partial charge in [0.2, 0.25) is 11.6 Å². The van der Waals surface area contributed by atoms with Crippen molar-refractivity contribution in [2.24, 2.45) is 0 Å². The van der Waals surface area contributed by atoms with Crippen molar-refractivity contribution in [1.29, 1.82) is 0 Å². The van der Waals surface area contributed by atoms with E-state index in [1.165, 1.54) is 6.92 Å². The number of carbonyl (C=O) groups is 1. The van der Waals surface area contributed by atoms with Crippen LogP contribution in [-0.4, -0.2) is 28.8 Å². The molecule has 0 radical (unpaired) electrons. The smallest absolute Gasteiger partial charge is 0.461 e. The molecule has 0 spiro atoms. The maximum absolute atomic E-state index is 12.7. The zero-order valence-corrected chi connectivity index (χ0v) is 10.7. The number of nitro groups is 1. The van der Waals surface area contributed by atoms with Crippen molar-refractivity contribution in [3.8, 4) is 5.88 Å². The molecule has 0 aromatic carbocycles. The third kappa shape index (κ3) is 4.23. The number of rotatable bonds is 5. The van der Waals surface area contributed by atoms with Gasteiger partial charge in [-0.25, -0.2) is 13.6 Å². The molecule has 1 rings (SSSR count). The summed E-state index contributed by atoms with van der Waals surface area (Å²) < 4.78 is 69.6. The molecule has 0 saturated heterocycles. The molecule has 0 aliphatic rings. The summed E-state index contributed by atoms with van der Waals surface area (Å²) in [4.78, 5) is 23.8. The minimum absolute atomic E-state index is 0.0883. The lowest BCUT2D eigenvalue weighted by Gasteiger charge is -2.13. The Kier molecular flexibility index (Phi) is 5.17. The summed E-state index contributed by atoms with van der Waals surface area (Å²) in [6.45, 7) is 1.06. The van der Waals surface area contributed by atoms with E-state index >= 15 is 0 Å². The number of alkyl halides is 5. The maximum Gasteiger partial charge on any atom is 0.574 e.